The molecule has 0 radical (unpaired) electrons. The lowest BCUT2D eigenvalue weighted by molar-refractivity contribution is 0.387. The molecule has 1 unspecified atom stereocenters. The van der Waals surface area contributed by atoms with Crippen LogP contribution in [-0.2, 0) is 0 Å². The van der Waals surface area contributed by atoms with Crippen LogP contribution in [0.25, 0.3) is 0 Å². The molecular formula is C13H14ClNO3. The van der Waals surface area contributed by atoms with E-state index in [0.29, 0.717) is 22.3 Å². The Labute approximate surface area is 110 Å². The topological polar surface area (TPSA) is 57.6 Å². The molecule has 4 nitrogen and oxygen atoms in total. The van der Waals surface area contributed by atoms with Gasteiger partial charge in [-0.25, -0.2) is 0 Å². The van der Waals surface area contributed by atoms with Crippen LogP contribution < -0.4 is 15.2 Å². The number of benzene rings is 1. The molecule has 1 aromatic carbocycles. The molecule has 0 amide bonds. The number of methoxy groups -OCH3 is 2. The first-order chi connectivity index (χ1) is 8.69. The molecule has 0 aliphatic carbocycles. The third-order valence-corrected chi connectivity index (χ3v) is 3.06. The molecule has 1 aromatic heterocycles. The van der Waals surface area contributed by atoms with Crippen molar-refractivity contribution in [1.29, 1.82) is 0 Å². The van der Waals surface area contributed by atoms with Gasteiger partial charge < -0.3 is 19.6 Å². The van der Waals surface area contributed by atoms with Gasteiger partial charge in [0.15, 0.2) is 0 Å². The van der Waals surface area contributed by atoms with Crippen molar-refractivity contribution in [2.75, 3.05) is 14.2 Å². The van der Waals surface area contributed by atoms with Crippen LogP contribution in [0.5, 0.6) is 11.5 Å². The molecule has 1 atom stereocenters. The summed E-state index contributed by atoms with van der Waals surface area (Å²) in [6.07, 6.45) is 1.58. The van der Waals surface area contributed by atoms with E-state index in [9.17, 15) is 0 Å². The van der Waals surface area contributed by atoms with Crippen LogP contribution in [0.3, 0.4) is 0 Å². The summed E-state index contributed by atoms with van der Waals surface area (Å²) in [4.78, 5) is 0. The third-order valence-electron chi connectivity index (χ3n) is 2.70. The van der Waals surface area contributed by atoms with Crippen LogP contribution in [-0.4, -0.2) is 14.2 Å². The van der Waals surface area contributed by atoms with Crippen LogP contribution in [0.15, 0.2) is 34.9 Å². The van der Waals surface area contributed by atoms with Gasteiger partial charge in [0.1, 0.15) is 22.3 Å². The van der Waals surface area contributed by atoms with Gasteiger partial charge in [-0.2, -0.15) is 0 Å². The lowest BCUT2D eigenvalue weighted by Gasteiger charge is -2.16. The molecule has 0 spiro atoms. The highest BCUT2D eigenvalue weighted by molar-refractivity contribution is 6.33. The monoisotopic (exact) mass is 267 g/mol. The van der Waals surface area contributed by atoms with Gasteiger partial charge in [0.05, 0.1) is 26.5 Å². The molecule has 2 aromatic rings. The van der Waals surface area contributed by atoms with E-state index < -0.39 is 6.04 Å². The van der Waals surface area contributed by atoms with Crippen LogP contribution >= 0.6 is 11.6 Å². The minimum Gasteiger partial charge on any atom is -0.495 e. The number of nitrogens with two attached hydrogens (primary N) is 1. The zero-order valence-electron chi connectivity index (χ0n) is 10.1. The number of hydrogen-bond acceptors (Lipinski definition) is 4. The molecule has 96 valence electrons. The molecule has 0 fully saturated rings. The summed E-state index contributed by atoms with van der Waals surface area (Å²) in [5, 5.41) is 0.402. The third kappa shape index (κ3) is 2.17. The van der Waals surface area contributed by atoms with Crippen molar-refractivity contribution >= 4 is 11.6 Å². The molecule has 5 heteroatoms. The van der Waals surface area contributed by atoms with Gasteiger partial charge in [-0.3, -0.25) is 0 Å². The fourth-order valence-corrected chi connectivity index (χ4v) is 2.11. The van der Waals surface area contributed by atoms with E-state index in [-0.39, 0.29) is 0 Å². The predicted molar refractivity (Wildman–Crippen MR) is 69.3 cm³/mol. The van der Waals surface area contributed by atoms with E-state index in [4.69, 9.17) is 31.2 Å². The van der Waals surface area contributed by atoms with Crippen molar-refractivity contribution in [2.24, 2.45) is 5.73 Å². The van der Waals surface area contributed by atoms with Crippen LogP contribution in [0, 0.1) is 0 Å². The molecular weight excluding hydrogens is 254 g/mol. The molecule has 0 aliphatic rings. The fraction of sp³-hybridized carbons (Fsp3) is 0.231. The molecule has 0 saturated heterocycles. The summed E-state index contributed by atoms with van der Waals surface area (Å²) in [7, 11) is 3.09. The van der Waals surface area contributed by atoms with Gasteiger partial charge in [-0.05, 0) is 24.3 Å². The Bertz CT molecular complexity index is 525. The summed E-state index contributed by atoms with van der Waals surface area (Å²) >= 11 is 6.18. The summed E-state index contributed by atoms with van der Waals surface area (Å²) in [5.41, 5.74) is 6.87. The van der Waals surface area contributed by atoms with E-state index >= 15 is 0 Å². The van der Waals surface area contributed by atoms with E-state index in [1.165, 1.54) is 0 Å². The minimum atomic E-state index is -0.432. The first-order valence-electron chi connectivity index (χ1n) is 5.38. The Balaban J connectivity index is 2.48. The zero-order valence-corrected chi connectivity index (χ0v) is 10.9. The normalized spacial score (nSPS) is 12.2. The highest BCUT2D eigenvalue weighted by atomic mass is 35.5. The van der Waals surface area contributed by atoms with Crippen molar-refractivity contribution in [3.05, 3.63) is 46.9 Å². The van der Waals surface area contributed by atoms with Gasteiger partial charge in [-0.1, -0.05) is 11.6 Å². The number of hydrogen-bond donors (Lipinski definition) is 1. The van der Waals surface area contributed by atoms with Crippen molar-refractivity contribution in [3.8, 4) is 11.5 Å². The Morgan fingerprint density at radius 3 is 2.56 bits per heavy atom. The lowest BCUT2D eigenvalue weighted by atomic mass is 10.0. The summed E-state index contributed by atoms with van der Waals surface area (Å²) in [6.45, 7) is 0. The van der Waals surface area contributed by atoms with Crippen molar-refractivity contribution in [3.63, 3.8) is 0 Å². The van der Waals surface area contributed by atoms with Gasteiger partial charge in [0, 0.05) is 5.56 Å². The van der Waals surface area contributed by atoms with E-state index in [1.807, 2.05) is 12.1 Å². The average Bonchev–Trinajstić information content (AvgIpc) is 2.91. The molecule has 1 heterocycles. The van der Waals surface area contributed by atoms with Crippen LogP contribution in [0.2, 0.25) is 5.02 Å². The minimum absolute atomic E-state index is 0.402. The number of furan rings is 1. The summed E-state index contributed by atoms with van der Waals surface area (Å²) < 4.78 is 15.7. The first kappa shape index (κ1) is 12.8. The largest absolute Gasteiger partial charge is 0.495 e. The van der Waals surface area contributed by atoms with E-state index in [0.717, 1.165) is 5.56 Å². The maximum Gasteiger partial charge on any atom is 0.146 e. The predicted octanol–water partition coefficient (Wildman–Crippen LogP) is 3.00. The maximum atomic E-state index is 6.18. The quantitative estimate of drug-likeness (QED) is 0.925. The Kier molecular flexibility index (Phi) is 3.79. The highest BCUT2D eigenvalue weighted by Crippen LogP contribution is 2.40. The van der Waals surface area contributed by atoms with Gasteiger partial charge in [0.25, 0.3) is 0 Å². The molecule has 0 saturated carbocycles. The van der Waals surface area contributed by atoms with Crippen molar-refractivity contribution in [2.45, 2.75) is 6.04 Å². The highest BCUT2D eigenvalue weighted by Gasteiger charge is 2.20. The smallest absolute Gasteiger partial charge is 0.146 e. The molecule has 2 N–H and O–H groups in total. The molecule has 2 rings (SSSR count). The molecule has 0 aliphatic heterocycles. The fourth-order valence-electron chi connectivity index (χ4n) is 1.78. The second-order valence-electron chi connectivity index (χ2n) is 3.70. The van der Waals surface area contributed by atoms with Crippen molar-refractivity contribution in [1.82, 2.24) is 0 Å². The van der Waals surface area contributed by atoms with E-state index in [2.05, 4.69) is 0 Å². The Morgan fingerprint density at radius 1 is 1.22 bits per heavy atom. The Morgan fingerprint density at radius 2 is 2.00 bits per heavy atom. The van der Waals surface area contributed by atoms with Gasteiger partial charge in [-0.15, -0.1) is 0 Å². The number of ether oxygens (including phenoxy) is 2. The SMILES string of the molecule is COc1ccc(C(N)c2ccco2)c(OC)c1Cl. The zero-order chi connectivity index (χ0) is 13.1. The standard InChI is InChI=1S/C13H14ClNO3/c1-16-9-6-5-8(13(17-2)11(9)14)12(15)10-4-3-7-18-10/h3-7,12H,15H2,1-2H3. The van der Waals surface area contributed by atoms with Gasteiger partial charge >= 0.3 is 0 Å². The van der Waals surface area contributed by atoms with Crippen molar-refractivity contribution < 1.29 is 13.9 Å². The average molecular weight is 268 g/mol. The molecule has 0 bridgehead atoms. The first-order valence-corrected chi connectivity index (χ1v) is 5.76. The van der Waals surface area contributed by atoms with Crippen LogP contribution in [0.4, 0.5) is 0 Å². The van der Waals surface area contributed by atoms with Gasteiger partial charge in [0.2, 0.25) is 0 Å². The lowest BCUT2D eigenvalue weighted by Crippen LogP contribution is -2.12. The molecule has 18 heavy (non-hydrogen) atoms. The maximum absolute atomic E-state index is 6.18. The number of rotatable bonds is 4. The second-order valence-corrected chi connectivity index (χ2v) is 4.08. The Hall–Kier alpha value is -1.65. The second kappa shape index (κ2) is 5.33. The summed E-state index contributed by atoms with van der Waals surface area (Å²) in [6, 6.07) is 6.73. The summed E-state index contributed by atoms with van der Waals surface area (Å²) in [5.74, 6) is 1.69. The van der Waals surface area contributed by atoms with Crippen LogP contribution in [0.1, 0.15) is 17.4 Å². The van der Waals surface area contributed by atoms with E-state index in [1.54, 1.807) is 32.6 Å². The number of halogens is 1.